The molecule has 0 spiro atoms. The van der Waals surface area contributed by atoms with Crippen molar-refractivity contribution in [2.24, 2.45) is 0 Å². The maximum atomic E-state index is 12.0. The third kappa shape index (κ3) is 3.96. The van der Waals surface area contributed by atoms with Crippen molar-refractivity contribution in [3.8, 4) is 0 Å². The molecular formula is C22H25NO3. The summed E-state index contributed by atoms with van der Waals surface area (Å²) in [6.07, 6.45) is 1.73. The van der Waals surface area contributed by atoms with Gasteiger partial charge in [0.1, 0.15) is 0 Å². The molecule has 0 bridgehead atoms. The van der Waals surface area contributed by atoms with E-state index in [0.29, 0.717) is 5.56 Å². The normalized spacial score (nSPS) is 18.9. The van der Waals surface area contributed by atoms with Crippen LogP contribution >= 0.6 is 0 Å². The van der Waals surface area contributed by atoms with Crippen LogP contribution in [0.2, 0.25) is 0 Å². The van der Waals surface area contributed by atoms with Crippen molar-refractivity contribution >= 4 is 11.9 Å². The summed E-state index contributed by atoms with van der Waals surface area (Å²) in [7, 11) is 0. The summed E-state index contributed by atoms with van der Waals surface area (Å²) in [5.74, 6) is -0.0241. The van der Waals surface area contributed by atoms with Crippen LogP contribution in [-0.4, -0.2) is 18.0 Å². The average Bonchev–Trinajstić information content (AvgIpc) is 2.61. The molecule has 3 rings (SSSR count). The minimum atomic E-state index is -0.290. The summed E-state index contributed by atoms with van der Waals surface area (Å²) in [4.78, 5) is 23.5. The molecular weight excluding hydrogens is 326 g/mol. The Morgan fingerprint density at radius 2 is 1.65 bits per heavy atom. The second kappa shape index (κ2) is 7.73. The van der Waals surface area contributed by atoms with Gasteiger partial charge in [0.05, 0.1) is 17.7 Å². The van der Waals surface area contributed by atoms with Gasteiger partial charge in [0.2, 0.25) is 5.91 Å². The van der Waals surface area contributed by atoms with Gasteiger partial charge < -0.3 is 10.1 Å². The van der Waals surface area contributed by atoms with Crippen molar-refractivity contribution in [1.82, 2.24) is 5.32 Å². The van der Waals surface area contributed by atoms with Gasteiger partial charge >= 0.3 is 5.97 Å². The summed E-state index contributed by atoms with van der Waals surface area (Å²) >= 11 is 0. The Hall–Kier alpha value is -2.62. The Morgan fingerprint density at radius 3 is 2.27 bits per heavy atom. The quantitative estimate of drug-likeness (QED) is 0.833. The third-order valence-electron chi connectivity index (χ3n) is 4.76. The van der Waals surface area contributed by atoms with Gasteiger partial charge in [0, 0.05) is 12.8 Å². The van der Waals surface area contributed by atoms with Crippen molar-refractivity contribution in [2.45, 2.75) is 51.7 Å². The summed E-state index contributed by atoms with van der Waals surface area (Å²) in [6.45, 7) is 5.25. The van der Waals surface area contributed by atoms with Crippen molar-refractivity contribution in [3.63, 3.8) is 0 Å². The van der Waals surface area contributed by atoms with E-state index in [-0.39, 0.29) is 29.9 Å². The fourth-order valence-electron chi connectivity index (χ4n) is 3.67. The van der Waals surface area contributed by atoms with E-state index in [1.54, 1.807) is 6.92 Å². The van der Waals surface area contributed by atoms with Gasteiger partial charge in [-0.1, -0.05) is 36.4 Å². The lowest BCUT2D eigenvalue weighted by molar-refractivity contribution is -0.119. The predicted octanol–water partition coefficient (Wildman–Crippen LogP) is 4.35. The molecule has 1 amide bonds. The van der Waals surface area contributed by atoms with Gasteiger partial charge in [-0.05, 0) is 55.5 Å². The lowest BCUT2D eigenvalue weighted by atomic mass is 9.76. The molecule has 1 N–H and O–H groups in total. The highest BCUT2D eigenvalue weighted by Crippen LogP contribution is 2.41. The highest BCUT2D eigenvalue weighted by molar-refractivity contribution is 5.89. The van der Waals surface area contributed by atoms with Gasteiger partial charge in [0.15, 0.2) is 0 Å². The van der Waals surface area contributed by atoms with Crippen LogP contribution in [0.3, 0.4) is 0 Å². The molecule has 4 heteroatoms. The standard InChI is InChI=1S/C22H25NO3/c1-14(2)26-22(25)17-10-8-16(9-11-17)18-12-13-21(23-15(3)24)20-7-5-4-6-19(18)20/h4-11,14,18,21H,12-13H2,1-3H3,(H,23,24)/t18-,21-/m0/s1. The Kier molecular flexibility index (Phi) is 5.40. The average molecular weight is 351 g/mol. The molecule has 2 atom stereocenters. The van der Waals surface area contributed by atoms with Crippen LogP contribution in [0.25, 0.3) is 0 Å². The Balaban J connectivity index is 1.85. The third-order valence-corrected chi connectivity index (χ3v) is 4.76. The lowest BCUT2D eigenvalue weighted by Gasteiger charge is -2.32. The molecule has 1 aliphatic rings. The van der Waals surface area contributed by atoms with Crippen LogP contribution < -0.4 is 5.32 Å². The molecule has 0 saturated carbocycles. The maximum absolute atomic E-state index is 12.0. The highest BCUT2D eigenvalue weighted by atomic mass is 16.5. The predicted molar refractivity (Wildman–Crippen MR) is 101 cm³/mol. The zero-order valence-electron chi connectivity index (χ0n) is 15.5. The molecule has 0 fully saturated rings. The van der Waals surface area contributed by atoms with E-state index in [0.717, 1.165) is 12.8 Å². The second-order valence-electron chi connectivity index (χ2n) is 7.09. The Morgan fingerprint density at radius 1 is 1.00 bits per heavy atom. The van der Waals surface area contributed by atoms with E-state index in [4.69, 9.17) is 4.74 Å². The van der Waals surface area contributed by atoms with Gasteiger partial charge in [0.25, 0.3) is 0 Å². The molecule has 26 heavy (non-hydrogen) atoms. The number of ether oxygens (including phenoxy) is 1. The topological polar surface area (TPSA) is 55.4 Å². The first-order chi connectivity index (χ1) is 12.5. The number of amides is 1. The van der Waals surface area contributed by atoms with Gasteiger partial charge in [-0.15, -0.1) is 0 Å². The molecule has 4 nitrogen and oxygen atoms in total. The molecule has 0 aromatic heterocycles. The molecule has 0 aliphatic heterocycles. The number of fused-ring (bicyclic) bond motifs is 1. The van der Waals surface area contributed by atoms with Crippen molar-refractivity contribution < 1.29 is 14.3 Å². The summed E-state index contributed by atoms with van der Waals surface area (Å²) in [6, 6.07) is 16.0. The van der Waals surface area contributed by atoms with Crippen LogP contribution in [-0.2, 0) is 9.53 Å². The molecule has 0 radical (unpaired) electrons. The number of rotatable bonds is 4. The van der Waals surface area contributed by atoms with Crippen LogP contribution in [0.4, 0.5) is 0 Å². The number of esters is 1. The highest BCUT2D eigenvalue weighted by Gasteiger charge is 2.28. The number of carbonyl (C=O) groups is 2. The fourth-order valence-corrected chi connectivity index (χ4v) is 3.67. The van der Waals surface area contributed by atoms with Crippen LogP contribution in [0, 0.1) is 0 Å². The second-order valence-corrected chi connectivity index (χ2v) is 7.09. The lowest BCUT2D eigenvalue weighted by Crippen LogP contribution is -2.30. The van der Waals surface area contributed by atoms with E-state index < -0.39 is 0 Å². The zero-order chi connectivity index (χ0) is 18.7. The van der Waals surface area contributed by atoms with Gasteiger partial charge in [-0.25, -0.2) is 4.79 Å². The molecule has 136 valence electrons. The van der Waals surface area contributed by atoms with Crippen molar-refractivity contribution in [3.05, 3.63) is 70.8 Å². The number of hydrogen-bond acceptors (Lipinski definition) is 3. The van der Waals surface area contributed by atoms with E-state index >= 15 is 0 Å². The van der Waals surface area contributed by atoms with Crippen LogP contribution in [0.15, 0.2) is 48.5 Å². The summed E-state index contributed by atoms with van der Waals surface area (Å²) < 4.78 is 5.25. The number of carbonyl (C=O) groups excluding carboxylic acids is 2. The molecule has 2 aromatic carbocycles. The SMILES string of the molecule is CC(=O)N[C@H]1CC[C@@H](c2ccc(C(=O)OC(C)C)cc2)c2ccccc21. The fraction of sp³-hybridized carbons (Fsp3) is 0.364. The summed E-state index contributed by atoms with van der Waals surface area (Å²) in [5.41, 5.74) is 4.18. The number of benzene rings is 2. The van der Waals surface area contributed by atoms with Crippen LogP contribution in [0.5, 0.6) is 0 Å². The minimum Gasteiger partial charge on any atom is -0.459 e. The van der Waals surface area contributed by atoms with E-state index in [1.807, 2.05) is 50.2 Å². The molecule has 0 saturated heterocycles. The van der Waals surface area contributed by atoms with Gasteiger partial charge in [-0.2, -0.15) is 0 Å². The van der Waals surface area contributed by atoms with Crippen molar-refractivity contribution in [2.75, 3.05) is 0 Å². The Labute approximate surface area is 154 Å². The largest absolute Gasteiger partial charge is 0.459 e. The number of nitrogens with one attached hydrogen (secondary N) is 1. The smallest absolute Gasteiger partial charge is 0.338 e. The first-order valence-corrected chi connectivity index (χ1v) is 9.12. The van der Waals surface area contributed by atoms with E-state index in [1.165, 1.54) is 16.7 Å². The summed E-state index contributed by atoms with van der Waals surface area (Å²) in [5, 5.41) is 3.05. The molecule has 0 unspecified atom stereocenters. The maximum Gasteiger partial charge on any atom is 0.338 e. The number of hydrogen-bond donors (Lipinski definition) is 1. The molecule has 0 heterocycles. The molecule has 1 aliphatic carbocycles. The minimum absolute atomic E-state index is 0.00345. The monoisotopic (exact) mass is 351 g/mol. The zero-order valence-corrected chi connectivity index (χ0v) is 15.5. The molecule has 2 aromatic rings. The Bertz CT molecular complexity index is 795. The van der Waals surface area contributed by atoms with E-state index in [9.17, 15) is 9.59 Å². The first kappa shape index (κ1) is 18.2. The van der Waals surface area contributed by atoms with Gasteiger partial charge in [-0.3, -0.25) is 4.79 Å². The van der Waals surface area contributed by atoms with Crippen molar-refractivity contribution in [1.29, 1.82) is 0 Å². The van der Waals surface area contributed by atoms with Crippen LogP contribution in [0.1, 0.15) is 72.6 Å². The van der Waals surface area contributed by atoms with E-state index in [2.05, 4.69) is 17.4 Å². The first-order valence-electron chi connectivity index (χ1n) is 9.12.